The number of sulfonamides is 1. The average Bonchev–Trinajstić information content (AvgIpc) is 3.37. The second kappa shape index (κ2) is 8.31. The van der Waals surface area contributed by atoms with Crippen LogP contribution in [0.1, 0.15) is 36.0 Å². The number of amidine groups is 1. The molecule has 0 unspecified atom stereocenters. The zero-order valence-electron chi connectivity index (χ0n) is 16.5. The second-order valence-electron chi connectivity index (χ2n) is 7.19. The molecule has 2 aromatic carbocycles. The summed E-state index contributed by atoms with van der Waals surface area (Å²) in [6, 6.07) is 12.0. The quantitative estimate of drug-likeness (QED) is 0.689. The van der Waals surface area contributed by atoms with E-state index in [1.807, 2.05) is 0 Å². The van der Waals surface area contributed by atoms with Crippen molar-refractivity contribution >= 4 is 45.0 Å². The Morgan fingerprint density at radius 3 is 2.32 bits per heavy atom. The van der Waals surface area contributed by atoms with Crippen molar-refractivity contribution in [2.45, 2.75) is 30.6 Å². The number of amides is 3. The van der Waals surface area contributed by atoms with E-state index in [1.54, 1.807) is 6.07 Å². The monoisotopic (exact) mass is 440 g/mol. The Bertz CT molecular complexity index is 1170. The largest absolute Gasteiger partial charge is 0.322 e. The standard InChI is InChI=1S/C21H20N4O5S/c26-19-10-11-20(27)25(19)16-8-6-14(7-9-16)21(28)23-15-3-1-4-17(13-15)31(29,30)24-18-5-2-12-22-18/h1,3-4,6-9,13H,2,5,10-12H2,(H,22,24)(H,23,28). The van der Waals surface area contributed by atoms with Gasteiger partial charge in [-0.25, -0.2) is 8.42 Å². The van der Waals surface area contributed by atoms with E-state index < -0.39 is 15.9 Å². The smallest absolute Gasteiger partial charge is 0.262 e. The number of benzene rings is 2. The third kappa shape index (κ3) is 4.48. The zero-order valence-corrected chi connectivity index (χ0v) is 17.3. The van der Waals surface area contributed by atoms with Gasteiger partial charge in [0.1, 0.15) is 5.84 Å². The lowest BCUT2D eigenvalue weighted by Gasteiger charge is -2.14. The maximum Gasteiger partial charge on any atom is 0.262 e. The molecule has 0 radical (unpaired) electrons. The van der Waals surface area contributed by atoms with Crippen LogP contribution in [0.4, 0.5) is 11.4 Å². The molecule has 0 aliphatic carbocycles. The lowest BCUT2D eigenvalue weighted by Crippen LogP contribution is -2.29. The summed E-state index contributed by atoms with van der Waals surface area (Å²) < 4.78 is 27.6. The van der Waals surface area contributed by atoms with E-state index >= 15 is 0 Å². The highest BCUT2D eigenvalue weighted by molar-refractivity contribution is 7.90. The van der Waals surface area contributed by atoms with Crippen molar-refractivity contribution in [1.29, 1.82) is 0 Å². The Labute approximate surface area is 179 Å². The normalized spacial score (nSPS) is 16.4. The van der Waals surface area contributed by atoms with Gasteiger partial charge in [0.05, 0.1) is 10.6 Å². The SMILES string of the molecule is O=C(Nc1cccc(S(=O)(=O)NC2=NCCC2)c1)c1ccc(N2C(=O)CCC2=O)cc1. The molecule has 0 bridgehead atoms. The van der Waals surface area contributed by atoms with Crippen LogP contribution in [0, 0.1) is 0 Å². The lowest BCUT2D eigenvalue weighted by atomic mass is 10.1. The number of aliphatic imine (C=N–C) groups is 1. The third-order valence-corrected chi connectivity index (χ3v) is 6.35. The molecule has 3 amide bonds. The molecule has 10 heteroatoms. The van der Waals surface area contributed by atoms with Crippen LogP contribution in [0.5, 0.6) is 0 Å². The summed E-state index contributed by atoms with van der Waals surface area (Å²) in [4.78, 5) is 41.5. The first kappa shape index (κ1) is 20.7. The van der Waals surface area contributed by atoms with E-state index in [-0.39, 0.29) is 29.6 Å². The van der Waals surface area contributed by atoms with Crippen molar-refractivity contribution in [2.24, 2.45) is 4.99 Å². The van der Waals surface area contributed by atoms with Crippen LogP contribution in [0.2, 0.25) is 0 Å². The van der Waals surface area contributed by atoms with Gasteiger partial charge < -0.3 is 5.32 Å². The van der Waals surface area contributed by atoms with Gasteiger partial charge in [-0.2, -0.15) is 0 Å². The van der Waals surface area contributed by atoms with Gasteiger partial charge in [-0.05, 0) is 48.9 Å². The van der Waals surface area contributed by atoms with E-state index in [0.29, 0.717) is 35.7 Å². The summed E-state index contributed by atoms with van der Waals surface area (Å²) in [5, 5.41) is 2.66. The van der Waals surface area contributed by atoms with Gasteiger partial charge in [0, 0.05) is 37.1 Å². The number of hydrogen-bond acceptors (Lipinski definition) is 6. The van der Waals surface area contributed by atoms with Gasteiger partial charge in [0.15, 0.2) is 0 Å². The number of carbonyl (C=O) groups is 3. The molecular weight excluding hydrogens is 420 g/mol. The van der Waals surface area contributed by atoms with Gasteiger partial charge in [-0.1, -0.05) is 6.07 Å². The summed E-state index contributed by atoms with van der Waals surface area (Å²) >= 11 is 0. The number of nitrogens with zero attached hydrogens (tertiary/aromatic N) is 2. The molecule has 1 saturated heterocycles. The molecule has 2 aromatic rings. The maximum atomic E-state index is 12.6. The van der Waals surface area contributed by atoms with Crippen LogP contribution in [-0.2, 0) is 19.6 Å². The highest BCUT2D eigenvalue weighted by Gasteiger charge is 2.30. The van der Waals surface area contributed by atoms with Crippen LogP contribution >= 0.6 is 0 Å². The Morgan fingerprint density at radius 2 is 1.68 bits per heavy atom. The number of rotatable bonds is 5. The van der Waals surface area contributed by atoms with Crippen molar-refractivity contribution in [3.63, 3.8) is 0 Å². The first-order valence-corrected chi connectivity index (χ1v) is 11.3. The molecular formula is C21H20N4O5S. The number of carbonyl (C=O) groups excluding carboxylic acids is 3. The van der Waals surface area contributed by atoms with Crippen molar-refractivity contribution in [3.8, 4) is 0 Å². The number of imide groups is 1. The molecule has 0 saturated carbocycles. The van der Waals surface area contributed by atoms with Crippen LogP contribution in [0.15, 0.2) is 58.4 Å². The van der Waals surface area contributed by atoms with Crippen molar-refractivity contribution in [1.82, 2.24) is 4.72 Å². The Balaban J connectivity index is 1.47. The van der Waals surface area contributed by atoms with E-state index in [0.717, 1.165) is 11.3 Å². The highest BCUT2D eigenvalue weighted by atomic mass is 32.2. The second-order valence-corrected chi connectivity index (χ2v) is 8.87. The molecule has 0 aromatic heterocycles. The fraction of sp³-hybridized carbons (Fsp3) is 0.238. The molecule has 31 heavy (non-hydrogen) atoms. The van der Waals surface area contributed by atoms with Crippen LogP contribution in [0.3, 0.4) is 0 Å². The predicted molar refractivity (Wildman–Crippen MR) is 114 cm³/mol. The molecule has 2 aliphatic heterocycles. The van der Waals surface area contributed by atoms with Gasteiger partial charge >= 0.3 is 0 Å². The lowest BCUT2D eigenvalue weighted by molar-refractivity contribution is -0.121. The molecule has 4 rings (SSSR count). The van der Waals surface area contributed by atoms with E-state index in [9.17, 15) is 22.8 Å². The van der Waals surface area contributed by atoms with E-state index in [1.165, 1.54) is 42.5 Å². The first-order chi connectivity index (χ1) is 14.8. The van der Waals surface area contributed by atoms with Crippen LogP contribution in [0.25, 0.3) is 0 Å². The third-order valence-electron chi connectivity index (χ3n) is 4.97. The average molecular weight is 440 g/mol. The minimum Gasteiger partial charge on any atom is -0.322 e. The van der Waals surface area contributed by atoms with E-state index in [2.05, 4.69) is 15.0 Å². The molecule has 0 atom stereocenters. The number of hydrogen-bond donors (Lipinski definition) is 2. The van der Waals surface area contributed by atoms with Crippen molar-refractivity contribution < 1.29 is 22.8 Å². The van der Waals surface area contributed by atoms with Gasteiger partial charge in [-0.15, -0.1) is 0 Å². The summed E-state index contributed by atoms with van der Waals surface area (Å²) in [6.45, 7) is 0.604. The van der Waals surface area contributed by atoms with Crippen LogP contribution in [-0.4, -0.2) is 38.5 Å². The molecule has 2 heterocycles. The van der Waals surface area contributed by atoms with Crippen molar-refractivity contribution in [3.05, 3.63) is 54.1 Å². The molecule has 2 N–H and O–H groups in total. The summed E-state index contributed by atoms with van der Waals surface area (Å²) in [5.41, 5.74) is 1.03. The highest BCUT2D eigenvalue weighted by Crippen LogP contribution is 2.23. The Kier molecular flexibility index (Phi) is 5.55. The fourth-order valence-electron chi connectivity index (χ4n) is 3.41. The van der Waals surface area contributed by atoms with Gasteiger partial charge in [-0.3, -0.25) is 29.0 Å². The van der Waals surface area contributed by atoms with Gasteiger partial charge in [0.25, 0.3) is 15.9 Å². The maximum absolute atomic E-state index is 12.6. The molecule has 0 spiro atoms. The number of anilines is 2. The summed E-state index contributed by atoms with van der Waals surface area (Å²) in [5.74, 6) is -0.549. The summed E-state index contributed by atoms with van der Waals surface area (Å²) in [7, 11) is -3.79. The van der Waals surface area contributed by atoms with E-state index in [4.69, 9.17) is 0 Å². The number of nitrogens with one attached hydrogen (secondary N) is 2. The minimum absolute atomic E-state index is 0.0151. The predicted octanol–water partition coefficient (Wildman–Crippen LogP) is 2.06. The van der Waals surface area contributed by atoms with Crippen molar-refractivity contribution in [2.75, 3.05) is 16.8 Å². The molecule has 9 nitrogen and oxygen atoms in total. The molecule has 2 aliphatic rings. The minimum atomic E-state index is -3.79. The molecule has 160 valence electrons. The fourth-order valence-corrected chi connectivity index (χ4v) is 4.54. The van der Waals surface area contributed by atoms with Crippen LogP contribution < -0.4 is 14.9 Å². The van der Waals surface area contributed by atoms with Gasteiger partial charge in [0.2, 0.25) is 11.8 Å². The Morgan fingerprint density at radius 1 is 0.968 bits per heavy atom. The molecule has 1 fully saturated rings. The first-order valence-electron chi connectivity index (χ1n) is 9.77. The topological polar surface area (TPSA) is 125 Å². The Hall–Kier alpha value is -3.53. The zero-order chi connectivity index (χ0) is 22.0. The summed E-state index contributed by atoms with van der Waals surface area (Å²) in [6.07, 6.45) is 1.76.